The molecule has 64 valence electrons. The second-order valence-corrected chi connectivity index (χ2v) is 3.54. The highest BCUT2D eigenvalue weighted by atomic mass is 127. The number of rotatable bonds is 1. The van der Waals surface area contributed by atoms with Crippen molar-refractivity contribution in [2.24, 2.45) is 0 Å². The molecule has 0 unspecified atom stereocenters. The van der Waals surface area contributed by atoms with Crippen molar-refractivity contribution in [2.75, 3.05) is 0 Å². The molecule has 0 N–H and O–H groups in total. The highest BCUT2D eigenvalue weighted by molar-refractivity contribution is 14.1. The van der Waals surface area contributed by atoms with Crippen molar-refractivity contribution in [2.45, 2.75) is 0 Å². The van der Waals surface area contributed by atoms with Crippen molar-refractivity contribution in [1.82, 2.24) is 0 Å². The lowest BCUT2D eigenvalue weighted by molar-refractivity contribution is 1.58. The van der Waals surface area contributed by atoms with Crippen LogP contribution in [0.5, 0.6) is 0 Å². The van der Waals surface area contributed by atoms with E-state index in [-0.39, 0.29) is 30.2 Å². The second-order valence-electron chi connectivity index (χ2n) is 2.47. The molecule has 0 aromatic heterocycles. The monoisotopic (exact) mass is 285 g/mol. The van der Waals surface area contributed by atoms with E-state index >= 15 is 0 Å². The van der Waals surface area contributed by atoms with Crippen molar-refractivity contribution in [3.8, 4) is 11.1 Å². The van der Waals surface area contributed by atoms with Crippen LogP contribution in [0.25, 0.3) is 11.1 Å². The Morgan fingerprint density at radius 1 is 1.00 bits per heavy atom. The molecule has 2 rings (SSSR count). The van der Waals surface area contributed by atoms with Gasteiger partial charge in [-0.3, -0.25) is 0 Å². The zero-order valence-electron chi connectivity index (χ0n) is 11.7. The lowest BCUT2D eigenvalue weighted by atomic mass is 10.1. The van der Waals surface area contributed by atoms with Gasteiger partial charge in [-0.25, -0.2) is 0 Å². The van der Waals surface area contributed by atoms with Gasteiger partial charge in [0.15, 0.2) is 0 Å². The fourth-order valence-corrected chi connectivity index (χ4v) is 1.59. The first-order valence-corrected chi connectivity index (χ1v) is 4.85. The molecule has 2 aromatic carbocycles. The molecule has 0 amide bonds. The molecule has 0 spiro atoms. The van der Waals surface area contributed by atoms with E-state index in [1.165, 1.54) is 0 Å². The van der Waals surface area contributed by atoms with E-state index in [0.717, 1.165) is 0 Å². The smallest absolute Gasteiger partial charge is 0.0622 e. The molecule has 0 aliphatic heterocycles. The molecular weight excluding hydrogens is 271 g/mol. The van der Waals surface area contributed by atoms with E-state index in [1.54, 1.807) is 24.3 Å². The molecule has 0 fully saturated rings. The molecular formula is C12H9I. The third kappa shape index (κ3) is 1.91. The number of benzene rings is 2. The van der Waals surface area contributed by atoms with Gasteiger partial charge in [-0.1, -0.05) is 48.4 Å². The second kappa shape index (κ2) is 3.92. The summed E-state index contributed by atoms with van der Waals surface area (Å²) < 4.78 is 39.3. The summed E-state index contributed by atoms with van der Waals surface area (Å²) >= 11 is 1.90. The zero-order valence-corrected chi connectivity index (χ0v) is 8.84. The Morgan fingerprint density at radius 3 is 2.69 bits per heavy atom. The van der Waals surface area contributed by atoms with Gasteiger partial charge in [0, 0.05) is 3.57 Å². The summed E-state index contributed by atoms with van der Waals surface area (Å²) in [5.41, 5.74) is 0.918. The maximum absolute atomic E-state index is 7.93. The Morgan fingerprint density at radius 2 is 1.85 bits per heavy atom. The predicted molar refractivity (Wildman–Crippen MR) is 64.6 cm³/mol. The molecule has 0 saturated heterocycles. The van der Waals surface area contributed by atoms with Crippen LogP contribution in [0.3, 0.4) is 0 Å². The normalized spacial score (nSPS) is 15.3. The van der Waals surface area contributed by atoms with Crippen LogP contribution in [-0.2, 0) is 0 Å². The van der Waals surface area contributed by atoms with Crippen LogP contribution in [-0.4, -0.2) is 0 Å². The zero-order chi connectivity index (χ0) is 13.4. The van der Waals surface area contributed by atoms with Crippen LogP contribution < -0.4 is 0 Å². The van der Waals surface area contributed by atoms with E-state index in [4.69, 9.17) is 6.85 Å². The average molecular weight is 285 g/mol. The first-order valence-electron chi connectivity index (χ1n) is 6.27. The van der Waals surface area contributed by atoms with Gasteiger partial charge in [0.1, 0.15) is 0 Å². The van der Waals surface area contributed by atoms with Gasteiger partial charge >= 0.3 is 0 Å². The van der Waals surface area contributed by atoms with E-state index < -0.39 is 0 Å². The fraction of sp³-hybridized carbons (Fsp3) is 0. The molecule has 0 heterocycles. The first kappa shape index (κ1) is 4.60. The van der Waals surface area contributed by atoms with Crippen molar-refractivity contribution in [3.05, 3.63) is 58.0 Å². The molecule has 0 aliphatic carbocycles. The van der Waals surface area contributed by atoms with Crippen LogP contribution in [0.4, 0.5) is 0 Å². The van der Waals surface area contributed by atoms with Crippen molar-refractivity contribution in [3.63, 3.8) is 0 Å². The molecule has 0 radical (unpaired) electrons. The Balaban J connectivity index is 2.85. The molecule has 1 heteroatoms. The lowest BCUT2D eigenvalue weighted by Crippen LogP contribution is -1.80. The third-order valence-corrected chi connectivity index (χ3v) is 2.43. The lowest BCUT2D eigenvalue weighted by Gasteiger charge is -2.02. The summed E-state index contributed by atoms with van der Waals surface area (Å²) in [6.07, 6.45) is 0. The first-order chi connectivity index (χ1) is 8.45. The predicted octanol–water partition coefficient (Wildman–Crippen LogP) is 3.96. The summed E-state index contributed by atoms with van der Waals surface area (Å²) in [7, 11) is 0. The van der Waals surface area contributed by atoms with Gasteiger partial charge in [-0.2, -0.15) is 0 Å². The molecule has 0 bridgehead atoms. The van der Waals surface area contributed by atoms with Crippen LogP contribution in [0.2, 0.25) is 0 Å². The molecule has 0 aliphatic rings. The number of hydrogen-bond acceptors (Lipinski definition) is 0. The highest BCUT2D eigenvalue weighted by Crippen LogP contribution is 2.24. The van der Waals surface area contributed by atoms with E-state index in [1.807, 2.05) is 22.6 Å². The van der Waals surface area contributed by atoms with E-state index in [2.05, 4.69) is 0 Å². The Bertz CT molecular complexity index is 595. The van der Waals surface area contributed by atoms with Gasteiger partial charge < -0.3 is 0 Å². The highest BCUT2D eigenvalue weighted by Gasteiger charge is 1.99. The summed E-state index contributed by atoms with van der Waals surface area (Å²) in [5.74, 6) is 0. The van der Waals surface area contributed by atoms with Gasteiger partial charge in [0.05, 0.1) is 6.85 Å². The molecule has 2 aromatic rings. The van der Waals surface area contributed by atoms with Gasteiger partial charge in [0.2, 0.25) is 0 Å². The largest absolute Gasteiger partial charge is 0.0634 e. The standard InChI is InChI=1S/C12H9I/c13-12-9-5-4-8-11(12)10-6-2-1-3-7-10/h1-9H/i4D,5D,6D,8D,9D. The topological polar surface area (TPSA) is 0 Å². The number of halogens is 1. The minimum Gasteiger partial charge on any atom is -0.0622 e. The van der Waals surface area contributed by atoms with Gasteiger partial charge in [-0.05, 0) is 39.8 Å². The molecule has 0 nitrogen and oxygen atoms in total. The minimum atomic E-state index is -0.265. The summed E-state index contributed by atoms with van der Waals surface area (Å²) in [4.78, 5) is 0. The Labute approximate surface area is 98.8 Å². The fourth-order valence-electron chi connectivity index (χ4n) is 1.03. The van der Waals surface area contributed by atoms with Crippen LogP contribution in [0, 0.1) is 3.57 Å². The van der Waals surface area contributed by atoms with Crippen LogP contribution in [0.1, 0.15) is 6.85 Å². The third-order valence-electron chi connectivity index (χ3n) is 1.62. The Kier molecular flexibility index (Phi) is 1.39. The SMILES string of the molecule is [2H]c1ccccc1-c1c([2H])c([2H])c([2H])c([2H])c1I. The Hall–Kier alpha value is -0.830. The maximum Gasteiger partial charge on any atom is 0.0634 e. The average Bonchev–Trinajstić information content (AvgIpc) is 2.36. The summed E-state index contributed by atoms with van der Waals surface area (Å²) in [6.45, 7) is 0. The molecule has 13 heavy (non-hydrogen) atoms. The van der Waals surface area contributed by atoms with Crippen molar-refractivity contribution >= 4 is 22.6 Å². The minimum absolute atomic E-state index is 0.0603. The van der Waals surface area contributed by atoms with Crippen LogP contribution in [0.15, 0.2) is 54.5 Å². The van der Waals surface area contributed by atoms with Crippen molar-refractivity contribution in [1.29, 1.82) is 0 Å². The summed E-state index contributed by atoms with van der Waals surface area (Å²) in [5, 5.41) is 0. The summed E-state index contributed by atoms with van der Waals surface area (Å²) in [6, 6.07) is 6.37. The number of hydrogen-bond donors (Lipinski definition) is 0. The molecule has 0 saturated carbocycles. The van der Waals surface area contributed by atoms with E-state index in [0.29, 0.717) is 14.7 Å². The van der Waals surface area contributed by atoms with Gasteiger partial charge in [-0.15, -0.1) is 0 Å². The van der Waals surface area contributed by atoms with Crippen molar-refractivity contribution < 1.29 is 6.85 Å². The van der Waals surface area contributed by atoms with Gasteiger partial charge in [0.25, 0.3) is 0 Å². The quantitative estimate of drug-likeness (QED) is 0.696. The maximum atomic E-state index is 7.93. The molecule has 0 atom stereocenters. The van der Waals surface area contributed by atoms with E-state index in [9.17, 15) is 0 Å². The van der Waals surface area contributed by atoms with Crippen LogP contribution >= 0.6 is 22.6 Å².